The lowest BCUT2D eigenvalue weighted by atomic mass is 10.0. The molecule has 30 heavy (non-hydrogen) atoms. The first-order chi connectivity index (χ1) is 14.3. The summed E-state index contributed by atoms with van der Waals surface area (Å²) >= 11 is 0.854. The number of amides is 1. The topological polar surface area (TPSA) is 83.7 Å². The van der Waals surface area contributed by atoms with E-state index in [0.29, 0.717) is 5.52 Å². The van der Waals surface area contributed by atoms with E-state index in [0.717, 1.165) is 17.5 Å². The van der Waals surface area contributed by atoms with Crippen molar-refractivity contribution in [3.05, 3.63) is 76.2 Å². The maximum Gasteiger partial charge on any atom is 0.339 e. The summed E-state index contributed by atoms with van der Waals surface area (Å²) in [5, 5.41) is 17.3. The summed E-state index contributed by atoms with van der Waals surface area (Å²) < 4.78 is 42.8. The number of aryl methyl sites for hydroxylation is 1. The van der Waals surface area contributed by atoms with Gasteiger partial charge in [0, 0.05) is 16.5 Å². The third-order valence-corrected chi connectivity index (χ3v) is 5.35. The number of fused-ring (bicyclic) bond motifs is 1. The monoisotopic (exact) mass is 431 g/mol. The summed E-state index contributed by atoms with van der Waals surface area (Å²) in [5.41, 5.74) is -0.180. The van der Waals surface area contributed by atoms with Crippen LogP contribution in [0.25, 0.3) is 16.6 Å². The number of nitrogens with zero attached hydrogens (tertiary/aromatic N) is 2. The fraction of sp³-hybridized carbons (Fsp3) is 0.0500. The van der Waals surface area contributed by atoms with Crippen LogP contribution in [0.15, 0.2) is 41.9 Å². The largest absolute Gasteiger partial charge is 0.478 e. The van der Waals surface area contributed by atoms with E-state index in [1.54, 1.807) is 0 Å². The van der Waals surface area contributed by atoms with Crippen molar-refractivity contribution in [3.63, 3.8) is 0 Å². The Hall–Kier alpha value is -3.66. The van der Waals surface area contributed by atoms with Crippen LogP contribution < -0.4 is 5.32 Å². The van der Waals surface area contributed by atoms with E-state index in [9.17, 15) is 27.9 Å². The van der Waals surface area contributed by atoms with Crippen molar-refractivity contribution in [3.8, 4) is 11.1 Å². The average molecular weight is 431 g/mol. The van der Waals surface area contributed by atoms with Crippen LogP contribution in [0.5, 0.6) is 0 Å². The molecule has 3 aromatic heterocycles. The van der Waals surface area contributed by atoms with Crippen LogP contribution in [0.2, 0.25) is 0 Å². The van der Waals surface area contributed by atoms with Crippen molar-refractivity contribution in [2.45, 2.75) is 6.92 Å². The van der Waals surface area contributed by atoms with Crippen molar-refractivity contribution < 1.29 is 27.9 Å². The molecule has 4 rings (SSSR count). The van der Waals surface area contributed by atoms with Gasteiger partial charge >= 0.3 is 5.97 Å². The SMILES string of the molecule is Cc1ccc(-c2csc(NC(=O)c3cc4ccc(F)cn4n3)c2C(=O)O)c(F)c1F. The number of carboxylic acids is 1. The van der Waals surface area contributed by atoms with Gasteiger partial charge in [-0.2, -0.15) is 5.10 Å². The van der Waals surface area contributed by atoms with Gasteiger partial charge in [0.1, 0.15) is 16.4 Å². The minimum absolute atomic E-state index is 0.0590. The minimum Gasteiger partial charge on any atom is -0.478 e. The number of thiophene rings is 1. The molecule has 152 valence electrons. The van der Waals surface area contributed by atoms with E-state index >= 15 is 0 Å². The van der Waals surface area contributed by atoms with Crippen molar-refractivity contribution >= 4 is 33.7 Å². The Balaban J connectivity index is 1.72. The number of hydrogen-bond acceptors (Lipinski definition) is 4. The highest BCUT2D eigenvalue weighted by atomic mass is 32.1. The summed E-state index contributed by atoms with van der Waals surface area (Å²) in [6.07, 6.45) is 1.09. The average Bonchev–Trinajstić information content (AvgIpc) is 3.30. The Morgan fingerprint density at radius 3 is 2.60 bits per heavy atom. The Labute approximate surface area is 171 Å². The van der Waals surface area contributed by atoms with Crippen LogP contribution in [0.4, 0.5) is 18.2 Å². The molecule has 0 unspecified atom stereocenters. The number of pyridine rings is 1. The van der Waals surface area contributed by atoms with Gasteiger partial charge in [0.25, 0.3) is 5.91 Å². The fourth-order valence-corrected chi connectivity index (χ4v) is 3.90. The molecule has 10 heteroatoms. The lowest BCUT2D eigenvalue weighted by Crippen LogP contribution is -2.14. The molecule has 2 N–H and O–H groups in total. The number of rotatable bonds is 4. The first kappa shape index (κ1) is 19.6. The van der Waals surface area contributed by atoms with E-state index < -0.39 is 29.3 Å². The van der Waals surface area contributed by atoms with Crippen molar-refractivity contribution in [2.24, 2.45) is 0 Å². The number of carbonyl (C=O) groups is 2. The molecule has 0 aliphatic rings. The van der Waals surface area contributed by atoms with Gasteiger partial charge in [0.05, 0.1) is 11.7 Å². The van der Waals surface area contributed by atoms with Crippen LogP contribution >= 0.6 is 11.3 Å². The maximum absolute atomic E-state index is 14.4. The zero-order valence-corrected chi connectivity index (χ0v) is 16.1. The van der Waals surface area contributed by atoms with Gasteiger partial charge in [0.15, 0.2) is 17.3 Å². The summed E-state index contributed by atoms with van der Waals surface area (Å²) in [4.78, 5) is 24.4. The Morgan fingerprint density at radius 2 is 1.87 bits per heavy atom. The number of aromatic nitrogens is 2. The Kier molecular flexibility index (Phi) is 4.78. The van der Waals surface area contributed by atoms with E-state index in [1.807, 2.05) is 0 Å². The first-order valence-corrected chi connectivity index (χ1v) is 9.40. The summed E-state index contributed by atoms with van der Waals surface area (Å²) in [6.45, 7) is 1.39. The van der Waals surface area contributed by atoms with Crippen molar-refractivity contribution in [2.75, 3.05) is 5.32 Å². The predicted molar refractivity (Wildman–Crippen MR) is 104 cm³/mol. The molecular weight excluding hydrogens is 419 g/mol. The molecule has 0 saturated carbocycles. The van der Waals surface area contributed by atoms with Gasteiger partial charge in [-0.1, -0.05) is 12.1 Å². The van der Waals surface area contributed by atoms with E-state index in [2.05, 4.69) is 10.4 Å². The van der Waals surface area contributed by atoms with Crippen LogP contribution in [0.1, 0.15) is 26.4 Å². The molecule has 6 nitrogen and oxygen atoms in total. The Bertz CT molecular complexity index is 1330. The highest BCUT2D eigenvalue weighted by molar-refractivity contribution is 7.15. The van der Waals surface area contributed by atoms with Gasteiger partial charge in [-0.3, -0.25) is 4.79 Å². The summed E-state index contributed by atoms with van der Waals surface area (Å²) in [5.74, 6) is -4.93. The molecule has 0 aliphatic heterocycles. The fourth-order valence-electron chi connectivity index (χ4n) is 2.95. The maximum atomic E-state index is 14.4. The number of benzene rings is 1. The molecule has 3 heterocycles. The zero-order valence-electron chi connectivity index (χ0n) is 15.2. The second kappa shape index (κ2) is 7.30. The van der Waals surface area contributed by atoms with Crippen molar-refractivity contribution in [1.29, 1.82) is 0 Å². The molecule has 0 saturated heterocycles. The highest BCUT2D eigenvalue weighted by Crippen LogP contribution is 2.38. The van der Waals surface area contributed by atoms with E-state index in [1.165, 1.54) is 47.2 Å². The third-order valence-electron chi connectivity index (χ3n) is 4.45. The molecule has 0 atom stereocenters. The number of hydrogen-bond donors (Lipinski definition) is 2. The molecule has 0 radical (unpaired) electrons. The van der Waals surface area contributed by atoms with Gasteiger partial charge in [-0.25, -0.2) is 22.5 Å². The second-order valence-corrected chi connectivity index (χ2v) is 7.30. The van der Waals surface area contributed by atoms with Crippen LogP contribution in [0.3, 0.4) is 0 Å². The van der Waals surface area contributed by atoms with E-state index in [4.69, 9.17) is 0 Å². The second-order valence-electron chi connectivity index (χ2n) is 6.42. The lowest BCUT2D eigenvalue weighted by Gasteiger charge is -2.07. The number of halogens is 3. The van der Waals surface area contributed by atoms with E-state index in [-0.39, 0.29) is 32.9 Å². The normalized spacial score (nSPS) is 11.1. The number of carboxylic acid groups (broad SMARTS) is 1. The van der Waals surface area contributed by atoms with Gasteiger partial charge in [0.2, 0.25) is 0 Å². The smallest absolute Gasteiger partial charge is 0.339 e. The van der Waals surface area contributed by atoms with Crippen molar-refractivity contribution in [1.82, 2.24) is 9.61 Å². The van der Waals surface area contributed by atoms with Gasteiger partial charge in [-0.15, -0.1) is 11.3 Å². The summed E-state index contributed by atoms with van der Waals surface area (Å²) in [7, 11) is 0. The van der Waals surface area contributed by atoms with Gasteiger partial charge < -0.3 is 10.4 Å². The predicted octanol–water partition coefficient (Wildman–Crippen LogP) is 4.74. The van der Waals surface area contributed by atoms with Crippen LogP contribution in [0, 0.1) is 24.4 Å². The van der Waals surface area contributed by atoms with Gasteiger partial charge in [-0.05, 0) is 30.7 Å². The highest BCUT2D eigenvalue weighted by Gasteiger charge is 2.25. The lowest BCUT2D eigenvalue weighted by molar-refractivity contribution is 0.0699. The third kappa shape index (κ3) is 3.30. The molecule has 4 aromatic rings. The number of aromatic carboxylic acids is 1. The quantitative estimate of drug-likeness (QED) is 0.489. The molecule has 1 amide bonds. The van der Waals surface area contributed by atoms with Crippen LogP contribution in [-0.4, -0.2) is 26.6 Å². The first-order valence-electron chi connectivity index (χ1n) is 8.52. The minimum atomic E-state index is -1.42. The molecule has 1 aromatic carbocycles. The van der Waals surface area contributed by atoms with Crippen LogP contribution in [-0.2, 0) is 0 Å². The standard InChI is InChI=1S/C20H12F3N3O3S/c1-9-2-5-12(17(23)16(9)22)13-8-30-19(15(13)20(28)29)24-18(27)14-6-11-4-3-10(21)7-26(11)25-14/h2-8H,1H3,(H,24,27)(H,28,29). The Morgan fingerprint density at radius 1 is 1.10 bits per heavy atom. The molecule has 0 aliphatic carbocycles. The zero-order chi connectivity index (χ0) is 21.6. The summed E-state index contributed by atoms with van der Waals surface area (Å²) in [6, 6.07) is 6.66. The molecular formula is C20H12F3N3O3S. The number of carbonyl (C=O) groups excluding carboxylic acids is 1. The molecule has 0 fully saturated rings. The number of anilines is 1. The number of nitrogens with one attached hydrogen (secondary N) is 1. The molecule has 0 spiro atoms. The molecule has 0 bridgehead atoms.